The average Bonchev–Trinajstić information content (AvgIpc) is 3.60. The zero-order chi connectivity index (χ0) is 27.5. The third-order valence-corrected chi connectivity index (χ3v) is 7.16. The number of pyridine rings is 2. The summed E-state index contributed by atoms with van der Waals surface area (Å²) >= 11 is 0. The predicted octanol–water partition coefficient (Wildman–Crippen LogP) is 4.90. The van der Waals surface area contributed by atoms with Crippen molar-refractivity contribution >= 4 is 23.1 Å². The molecule has 14 heteroatoms. The van der Waals surface area contributed by atoms with Crippen molar-refractivity contribution in [1.82, 2.24) is 14.4 Å². The van der Waals surface area contributed by atoms with Crippen molar-refractivity contribution in [3.05, 3.63) is 63.8 Å². The van der Waals surface area contributed by atoms with Gasteiger partial charge in [0.1, 0.15) is 11.5 Å². The van der Waals surface area contributed by atoms with Crippen molar-refractivity contribution in [3.8, 4) is 0 Å². The Kier molecular flexibility index (Phi) is 6.03. The highest BCUT2D eigenvalue weighted by Gasteiger charge is 2.46. The van der Waals surface area contributed by atoms with E-state index in [1.54, 1.807) is 4.90 Å². The van der Waals surface area contributed by atoms with E-state index in [9.17, 15) is 41.0 Å². The number of carboxylic acid groups (broad SMARTS) is 1. The minimum atomic E-state index is -5.21. The number of halogens is 6. The van der Waals surface area contributed by atoms with E-state index in [0.717, 1.165) is 44.0 Å². The third kappa shape index (κ3) is 4.86. The van der Waals surface area contributed by atoms with Crippen LogP contribution < -0.4 is 15.8 Å². The van der Waals surface area contributed by atoms with Crippen molar-refractivity contribution < 1.29 is 36.2 Å². The summed E-state index contributed by atoms with van der Waals surface area (Å²) in [6.07, 6.45) is -5.02. The van der Waals surface area contributed by atoms with E-state index in [1.807, 2.05) is 5.32 Å². The summed E-state index contributed by atoms with van der Waals surface area (Å²) in [6.45, 7) is 1.02. The maximum atomic E-state index is 14.4. The van der Waals surface area contributed by atoms with E-state index in [4.69, 9.17) is 0 Å². The summed E-state index contributed by atoms with van der Waals surface area (Å²) in [6, 6.07) is 0.637. The van der Waals surface area contributed by atoms with Gasteiger partial charge in [-0.25, -0.2) is 14.8 Å². The fourth-order valence-electron chi connectivity index (χ4n) is 4.82. The number of carbonyl (C=O) groups is 1. The van der Waals surface area contributed by atoms with Crippen molar-refractivity contribution in [3.63, 3.8) is 0 Å². The Morgan fingerprint density at radius 1 is 1.08 bits per heavy atom. The molecule has 1 aliphatic carbocycles. The second-order valence-corrected chi connectivity index (χ2v) is 9.64. The Morgan fingerprint density at radius 2 is 1.76 bits per heavy atom. The van der Waals surface area contributed by atoms with Gasteiger partial charge in [0.05, 0.1) is 11.3 Å². The molecule has 1 saturated heterocycles. The van der Waals surface area contributed by atoms with Gasteiger partial charge < -0.3 is 15.3 Å². The van der Waals surface area contributed by atoms with Crippen molar-refractivity contribution in [1.29, 1.82) is 0 Å². The first-order valence-corrected chi connectivity index (χ1v) is 11.7. The fraction of sp³-hybridized carbons (Fsp3) is 0.417. The second-order valence-electron chi connectivity index (χ2n) is 9.64. The molecule has 0 bridgehead atoms. The number of rotatable bonds is 5. The van der Waals surface area contributed by atoms with Gasteiger partial charge in [-0.05, 0) is 49.3 Å². The monoisotopic (exact) mass is 541 g/mol. The standard InChI is InChI=1S/C24H21F6N5O3/c25-23(26,27)13-10-14(19(24(28,29)30)32-15-2-1-7-31-18(15)21(37)38)20-33-16(11-17(36)35(20)12-13)34-8-5-22(3-4-22)6-9-34/h1-2,7,10-12,19,32H,3-6,8-9H2,(H,37,38)/t19-/m0/s1. The van der Waals surface area contributed by atoms with Crippen LogP contribution in [-0.4, -0.2) is 44.7 Å². The predicted molar refractivity (Wildman–Crippen MR) is 123 cm³/mol. The molecule has 2 N–H and O–H groups in total. The minimum Gasteiger partial charge on any atom is -0.476 e. The third-order valence-electron chi connectivity index (χ3n) is 7.16. The largest absolute Gasteiger partial charge is 0.476 e. The number of anilines is 2. The van der Waals surface area contributed by atoms with Crippen LogP contribution in [0.5, 0.6) is 0 Å². The first kappa shape index (κ1) is 25.8. The molecule has 1 saturated carbocycles. The van der Waals surface area contributed by atoms with Crippen LogP contribution in [0.4, 0.5) is 37.8 Å². The van der Waals surface area contributed by atoms with E-state index >= 15 is 0 Å². The number of aromatic nitrogens is 3. The van der Waals surface area contributed by atoms with Crippen LogP contribution in [-0.2, 0) is 6.18 Å². The van der Waals surface area contributed by atoms with E-state index in [1.165, 1.54) is 6.07 Å². The number of carboxylic acids is 1. The zero-order valence-corrected chi connectivity index (χ0v) is 19.6. The first-order valence-electron chi connectivity index (χ1n) is 11.7. The van der Waals surface area contributed by atoms with Gasteiger partial charge in [-0.1, -0.05) is 0 Å². The molecule has 3 aromatic heterocycles. The summed E-state index contributed by atoms with van der Waals surface area (Å²) in [5.41, 5.74) is -5.15. The molecule has 1 atom stereocenters. The number of nitrogens with one attached hydrogen (secondary N) is 1. The molecule has 0 aromatic carbocycles. The van der Waals surface area contributed by atoms with Crippen LogP contribution in [0.25, 0.3) is 5.65 Å². The fourth-order valence-corrected chi connectivity index (χ4v) is 4.82. The van der Waals surface area contributed by atoms with Gasteiger partial charge >= 0.3 is 18.3 Å². The number of nitrogens with zero attached hydrogens (tertiary/aromatic N) is 4. The Balaban J connectivity index is 1.68. The van der Waals surface area contributed by atoms with Crippen LogP contribution in [0.2, 0.25) is 0 Å². The Morgan fingerprint density at radius 3 is 2.34 bits per heavy atom. The van der Waals surface area contributed by atoms with E-state index in [0.29, 0.717) is 23.7 Å². The molecule has 202 valence electrons. The van der Waals surface area contributed by atoms with E-state index < -0.39 is 58.1 Å². The molecular formula is C24H21F6N5O3. The molecule has 1 spiro atoms. The molecule has 38 heavy (non-hydrogen) atoms. The van der Waals surface area contributed by atoms with Gasteiger partial charge in [0.25, 0.3) is 5.56 Å². The number of hydrogen-bond donors (Lipinski definition) is 2. The SMILES string of the molecule is O=C(O)c1ncccc1N[C@@H](c1cc(C(F)(F)F)cn2c(=O)cc(N3CCC4(CC3)CC4)nc12)C(F)(F)F. The summed E-state index contributed by atoms with van der Waals surface area (Å²) in [7, 11) is 0. The first-order chi connectivity index (χ1) is 17.8. The van der Waals surface area contributed by atoms with E-state index in [2.05, 4.69) is 9.97 Å². The van der Waals surface area contributed by atoms with Crippen LogP contribution >= 0.6 is 0 Å². The van der Waals surface area contributed by atoms with Crippen LogP contribution in [0, 0.1) is 5.41 Å². The molecule has 0 unspecified atom stereocenters. The molecule has 4 heterocycles. The molecule has 2 aliphatic rings. The lowest BCUT2D eigenvalue weighted by atomic mass is 9.94. The molecule has 2 fully saturated rings. The maximum absolute atomic E-state index is 14.4. The van der Waals surface area contributed by atoms with Gasteiger partial charge in [0.2, 0.25) is 0 Å². The normalized spacial score (nSPS) is 18.0. The van der Waals surface area contributed by atoms with Gasteiger partial charge in [0.15, 0.2) is 11.7 Å². The van der Waals surface area contributed by atoms with Crippen molar-refractivity contribution in [2.24, 2.45) is 5.41 Å². The van der Waals surface area contributed by atoms with Crippen LogP contribution in [0.15, 0.2) is 41.5 Å². The minimum absolute atomic E-state index is 0.0695. The van der Waals surface area contributed by atoms with Crippen LogP contribution in [0.1, 0.15) is 53.3 Å². The van der Waals surface area contributed by atoms with Crippen molar-refractivity contribution in [2.75, 3.05) is 23.3 Å². The number of piperidine rings is 1. The Hall–Kier alpha value is -3.84. The molecule has 8 nitrogen and oxygen atoms in total. The van der Waals surface area contributed by atoms with Gasteiger partial charge in [-0.2, -0.15) is 26.3 Å². The lowest BCUT2D eigenvalue weighted by Gasteiger charge is -2.33. The molecule has 0 radical (unpaired) electrons. The average molecular weight is 541 g/mol. The summed E-state index contributed by atoms with van der Waals surface area (Å²) in [4.78, 5) is 34.0. The highest BCUT2D eigenvalue weighted by atomic mass is 19.4. The summed E-state index contributed by atoms with van der Waals surface area (Å²) in [5, 5.41) is 11.3. The van der Waals surface area contributed by atoms with Gasteiger partial charge in [0, 0.05) is 37.1 Å². The highest BCUT2D eigenvalue weighted by Crippen LogP contribution is 2.53. The number of hydrogen-bond acceptors (Lipinski definition) is 6. The van der Waals surface area contributed by atoms with Gasteiger partial charge in [-0.15, -0.1) is 0 Å². The van der Waals surface area contributed by atoms with E-state index in [-0.39, 0.29) is 17.3 Å². The Bertz CT molecular complexity index is 1450. The number of alkyl halides is 6. The Labute approximate surface area is 210 Å². The second kappa shape index (κ2) is 8.88. The molecule has 1 aliphatic heterocycles. The molecule has 3 aromatic rings. The lowest BCUT2D eigenvalue weighted by molar-refractivity contribution is -0.145. The van der Waals surface area contributed by atoms with Gasteiger partial charge in [-0.3, -0.25) is 9.20 Å². The quantitative estimate of drug-likeness (QED) is 0.443. The highest BCUT2D eigenvalue weighted by molar-refractivity contribution is 5.92. The summed E-state index contributed by atoms with van der Waals surface area (Å²) < 4.78 is 84.7. The molecule has 5 rings (SSSR count). The molecular weight excluding hydrogens is 520 g/mol. The van der Waals surface area contributed by atoms with Crippen LogP contribution in [0.3, 0.4) is 0 Å². The smallest absolute Gasteiger partial charge is 0.417 e. The molecule has 0 amide bonds. The lowest BCUT2D eigenvalue weighted by Crippen LogP contribution is -2.36. The number of aromatic carboxylic acids is 1. The zero-order valence-electron chi connectivity index (χ0n) is 19.6. The maximum Gasteiger partial charge on any atom is 0.417 e. The number of fused-ring (bicyclic) bond motifs is 1. The van der Waals surface area contributed by atoms with Crippen molar-refractivity contribution in [2.45, 2.75) is 44.1 Å². The topological polar surface area (TPSA) is 99.8 Å². The summed E-state index contributed by atoms with van der Waals surface area (Å²) in [5.74, 6) is -1.57.